The number of halogens is 4. The van der Waals surface area contributed by atoms with Gasteiger partial charge in [-0.2, -0.15) is 13.2 Å². The molecule has 2 unspecified atom stereocenters. The highest BCUT2D eigenvalue weighted by molar-refractivity contribution is 5.27. The van der Waals surface area contributed by atoms with Crippen LogP contribution in [0.15, 0.2) is 18.2 Å². The fourth-order valence-corrected chi connectivity index (χ4v) is 1.99. The summed E-state index contributed by atoms with van der Waals surface area (Å²) in [6.45, 7) is 3.29. The highest BCUT2D eigenvalue weighted by Crippen LogP contribution is 2.37. The van der Waals surface area contributed by atoms with E-state index in [1.54, 1.807) is 0 Å². The van der Waals surface area contributed by atoms with Gasteiger partial charge in [-0.25, -0.2) is 4.39 Å². The molecule has 1 aliphatic rings. The summed E-state index contributed by atoms with van der Waals surface area (Å²) in [4.78, 5) is 0. The molecule has 2 rings (SSSR count). The van der Waals surface area contributed by atoms with Gasteiger partial charge in [0, 0.05) is 6.54 Å². The lowest BCUT2D eigenvalue weighted by Gasteiger charge is -2.10. The lowest BCUT2D eigenvalue weighted by atomic mass is 10.1. The second-order valence-corrected chi connectivity index (χ2v) is 4.92. The smallest absolute Gasteiger partial charge is 0.312 e. The van der Waals surface area contributed by atoms with Crippen LogP contribution in [0.1, 0.15) is 24.5 Å². The molecular formula is C13H15F4N. The lowest BCUT2D eigenvalue weighted by Crippen LogP contribution is -2.17. The van der Waals surface area contributed by atoms with Gasteiger partial charge in [0.2, 0.25) is 0 Å². The minimum absolute atomic E-state index is 0.340. The van der Waals surface area contributed by atoms with Gasteiger partial charge < -0.3 is 5.32 Å². The van der Waals surface area contributed by atoms with E-state index in [1.807, 2.05) is 0 Å². The predicted molar refractivity (Wildman–Crippen MR) is 60.4 cm³/mol. The Bertz CT molecular complexity index is 427. The van der Waals surface area contributed by atoms with Crippen molar-refractivity contribution in [2.75, 3.05) is 6.54 Å². The average Bonchev–Trinajstić information content (AvgIpc) is 2.95. The molecule has 1 nitrogen and oxygen atoms in total. The molecule has 1 saturated carbocycles. The first kappa shape index (κ1) is 13.3. The maximum atomic E-state index is 13.0. The zero-order valence-corrected chi connectivity index (χ0v) is 10.0. The van der Waals surface area contributed by atoms with Crippen LogP contribution in [0.5, 0.6) is 0 Å². The van der Waals surface area contributed by atoms with Gasteiger partial charge in [0.15, 0.2) is 0 Å². The summed E-state index contributed by atoms with van der Waals surface area (Å²) >= 11 is 0. The zero-order valence-electron chi connectivity index (χ0n) is 10.0. The van der Waals surface area contributed by atoms with Gasteiger partial charge in [-0.1, -0.05) is 13.0 Å². The summed E-state index contributed by atoms with van der Waals surface area (Å²) in [5, 5.41) is 3.10. The average molecular weight is 261 g/mol. The molecule has 0 spiro atoms. The molecule has 1 aliphatic carbocycles. The van der Waals surface area contributed by atoms with Gasteiger partial charge in [-0.3, -0.25) is 0 Å². The number of alkyl halides is 3. The summed E-state index contributed by atoms with van der Waals surface area (Å²) in [7, 11) is 0. The maximum absolute atomic E-state index is 13.0. The Hall–Kier alpha value is -1.10. The van der Waals surface area contributed by atoms with E-state index >= 15 is 0 Å². The van der Waals surface area contributed by atoms with Crippen LogP contribution in [0, 0.1) is 17.7 Å². The standard InChI is InChI=1S/C13H15F4N/c1-8-4-10(8)7-18-6-9-2-3-12(14)11(5-9)13(15,16)17/h2-3,5,8,10,18H,4,6-7H2,1H3. The second-order valence-electron chi connectivity index (χ2n) is 4.92. The van der Waals surface area contributed by atoms with Crippen LogP contribution < -0.4 is 5.32 Å². The molecule has 1 aromatic rings. The van der Waals surface area contributed by atoms with Crippen molar-refractivity contribution in [2.24, 2.45) is 11.8 Å². The normalized spacial score (nSPS) is 23.2. The molecule has 5 heteroatoms. The first-order valence-corrected chi connectivity index (χ1v) is 5.94. The Balaban J connectivity index is 1.96. The Labute approximate surface area is 103 Å². The van der Waals surface area contributed by atoms with E-state index < -0.39 is 17.6 Å². The quantitative estimate of drug-likeness (QED) is 0.817. The van der Waals surface area contributed by atoms with Crippen LogP contribution in [0.3, 0.4) is 0 Å². The molecule has 0 saturated heterocycles. The molecule has 0 heterocycles. The highest BCUT2D eigenvalue weighted by Gasteiger charge is 2.34. The largest absolute Gasteiger partial charge is 0.419 e. The number of hydrogen-bond donors (Lipinski definition) is 1. The van der Waals surface area contributed by atoms with E-state index in [0.29, 0.717) is 23.9 Å². The van der Waals surface area contributed by atoms with Gasteiger partial charge in [-0.05, 0) is 42.5 Å². The van der Waals surface area contributed by atoms with Crippen molar-refractivity contribution in [1.82, 2.24) is 5.32 Å². The molecule has 1 fully saturated rings. The first-order chi connectivity index (χ1) is 8.38. The lowest BCUT2D eigenvalue weighted by molar-refractivity contribution is -0.140. The molecule has 0 aromatic heterocycles. The molecule has 18 heavy (non-hydrogen) atoms. The highest BCUT2D eigenvalue weighted by atomic mass is 19.4. The van der Waals surface area contributed by atoms with E-state index in [-0.39, 0.29) is 0 Å². The van der Waals surface area contributed by atoms with Crippen molar-refractivity contribution in [2.45, 2.75) is 26.1 Å². The van der Waals surface area contributed by atoms with Gasteiger partial charge in [0.05, 0.1) is 5.56 Å². The van der Waals surface area contributed by atoms with Crippen LogP contribution in [-0.2, 0) is 12.7 Å². The summed E-state index contributed by atoms with van der Waals surface area (Å²) < 4.78 is 50.5. The molecular weight excluding hydrogens is 246 g/mol. The van der Waals surface area contributed by atoms with E-state index in [2.05, 4.69) is 12.2 Å². The van der Waals surface area contributed by atoms with Crippen LogP contribution >= 0.6 is 0 Å². The number of rotatable bonds is 4. The van der Waals surface area contributed by atoms with Crippen LogP contribution in [0.25, 0.3) is 0 Å². The molecule has 0 radical (unpaired) electrons. The van der Waals surface area contributed by atoms with Gasteiger partial charge in [0.1, 0.15) is 5.82 Å². The molecule has 2 atom stereocenters. The second kappa shape index (κ2) is 4.88. The van der Waals surface area contributed by atoms with Gasteiger partial charge in [0.25, 0.3) is 0 Å². The topological polar surface area (TPSA) is 12.0 Å². The van der Waals surface area contributed by atoms with E-state index in [0.717, 1.165) is 18.7 Å². The Morgan fingerprint density at radius 1 is 1.33 bits per heavy atom. The Morgan fingerprint density at radius 2 is 2.00 bits per heavy atom. The van der Waals surface area contributed by atoms with E-state index in [9.17, 15) is 17.6 Å². The van der Waals surface area contributed by atoms with Gasteiger partial charge >= 0.3 is 6.18 Å². The molecule has 1 N–H and O–H groups in total. The van der Waals surface area contributed by atoms with Crippen molar-refractivity contribution in [3.8, 4) is 0 Å². The van der Waals surface area contributed by atoms with Crippen LogP contribution in [0.4, 0.5) is 17.6 Å². The van der Waals surface area contributed by atoms with Crippen molar-refractivity contribution >= 4 is 0 Å². The molecule has 1 aromatic carbocycles. The van der Waals surface area contributed by atoms with Gasteiger partial charge in [-0.15, -0.1) is 0 Å². The SMILES string of the molecule is CC1CC1CNCc1ccc(F)c(C(F)(F)F)c1. The van der Waals surface area contributed by atoms with Crippen molar-refractivity contribution in [1.29, 1.82) is 0 Å². The Kier molecular flexibility index (Phi) is 3.61. The fourth-order valence-electron chi connectivity index (χ4n) is 1.99. The predicted octanol–water partition coefficient (Wildman–Crippen LogP) is 3.59. The summed E-state index contributed by atoms with van der Waals surface area (Å²) in [6, 6.07) is 3.13. The van der Waals surface area contributed by atoms with E-state index in [4.69, 9.17) is 0 Å². The maximum Gasteiger partial charge on any atom is 0.419 e. The third-order valence-corrected chi connectivity index (χ3v) is 3.35. The Morgan fingerprint density at radius 3 is 2.56 bits per heavy atom. The zero-order chi connectivity index (χ0) is 13.3. The minimum Gasteiger partial charge on any atom is -0.312 e. The minimum atomic E-state index is -4.63. The summed E-state index contributed by atoms with van der Waals surface area (Å²) in [5.74, 6) is 0.117. The number of nitrogens with one attached hydrogen (secondary N) is 1. The van der Waals surface area contributed by atoms with Crippen molar-refractivity contribution in [3.63, 3.8) is 0 Å². The molecule has 0 aliphatic heterocycles. The number of benzene rings is 1. The van der Waals surface area contributed by atoms with E-state index in [1.165, 1.54) is 12.5 Å². The molecule has 0 bridgehead atoms. The summed E-state index contributed by atoms with van der Waals surface area (Å²) in [5.41, 5.74) is -0.737. The first-order valence-electron chi connectivity index (χ1n) is 5.94. The monoisotopic (exact) mass is 261 g/mol. The van der Waals surface area contributed by atoms with Crippen LogP contribution in [-0.4, -0.2) is 6.54 Å². The summed E-state index contributed by atoms with van der Waals surface area (Å²) in [6.07, 6.45) is -3.46. The van der Waals surface area contributed by atoms with Crippen molar-refractivity contribution < 1.29 is 17.6 Å². The third-order valence-electron chi connectivity index (χ3n) is 3.35. The van der Waals surface area contributed by atoms with Crippen molar-refractivity contribution in [3.05, 3.63) is 35.1 Å². The molecule has 100 valence electrons. The van der Waals surface area contributed by atoms with Crippen LogP contribution in [0.2, 0.25) is 0 Å². The molecule has 0 amide bonds. The number of hydrogen-bond acceptors (Lipinski definition) is 1. The third kappa shape index (κ3) is 3.22. The fraction of sp³-hybridized carbons (Fsp3) is 0.538.